The number of ketones is 2. The van der Waals surface area contributed by atoms with Crippen molar-refractivity contribution < 1.29 is 74.0 Å². The largest absolute Gasteiger partial charge is 0.472 e. The molecule has 9 aromatic rings. The van der Waals surface area contributed by atoms with Gasteiger partial charge in [-0.05, 0) is 214 Å². The van der Waals surface area contributed by atoms with Crippen molar-refractivity contribution in [2.24, 2.45) is 23.7 Å². The van der Waals surface area contributed by atoms with Gasteiger partial charge in [-0.2, -0.15) is 0 Å². The fourth-order valence-electron chi connectivity index (χ4n) is 16.2. The first kappa shape index (κ1) is 99.4. The highest BCUT2D eigenvalue weighted by Crippen LogP contribution is 2.37. The summed E-state index contributed by atoms with van der Waals surface area (Å²) in [5.41, 5.74) is 12.2. The molecule has 0 saturated heterocycles. The third-order valence-electron chi connectivity index (χ3n) is 22.6. The quantitative estimate of drug-likeness (QED) is 0.0313. The molecule has 0 radical (unpaired) electrons. The van der Waals surface area contributed by atoms with Crippen LogP contribution in [-0.2, 0) is 79.1 Å². The van der Waals surface area contributed by atoms with Crippen molar-refractivity contribution >= 4 is 76.7 Å². The Morgan fingerprint density at radius 2 is 0.873 bits per heavy atom. The van der Waals surface area contributed by atoms with Gasteiger partial charge in [0.2, 0.25) is 28.8 Å². The number of nitrogens with one attached hydrogen (secondary N) is 4. The minimum Gasteiger partial charge on any atom is -0.472 e. The van der Waals surface area contributed by atoms with Crippen LogP contribution in [0.1, 0.15) is 196 Å². The second-order valence-corrected chi connectivity index (χ2v) is 34.2. The van der Waals surface area contributed by atoms with Crippen LogP contribution in [-0.4, -0.2) is 169 Å². The number of fused-ring (bicyclic) bond motifs is 7. The van der Waals surface area contributed by atoms with E-state index < -0.39 is 56.4 Å². The van der Waals surface area contributed by atoms with E-state index in [9.17, 15) is 59.9 Å². The van der Waals surface area contributed by atoms with Crippen LogP contribution >= 0.6 is 24.8 Å². The summed E-state index contributed by atoms with van der Waals surface area (Å²) in [7, 11) is 0. The lowest BCUT2D eigenvalue weighted by molar-refractivity contribution is -0.108. The molecule has 126 heavy (non-hydrogen) atoms. The van der Waals surface area contributed by atoms with Crippen molar-refractivity contribution in [3.63, 3.8) is 0 Å². The van der Waals surface area contributed by atoms with Gasteiger partial charge in [-0.3, -0.25) is 34.0 Å². The molecule has 4 N–H and O–H groups in total. The number of pyridine rings is 7. The number of nitrogens with zero attached hydrogens (tertiary/aromatic N) is 8. The van der Waals surface area contributed by atoms with Gasteiger partial charge in [0, 0.05) is 135 Å². The first-order chi connectivity index (χ1) is 59.5. The maximum absolute atomic E-state index is 13.1. The molecule has 0 spiro atoms. The van der Waals surface area contributed by atoms with Gasteiger partial charge in [0.15, 0.2) is 31.4 Å². The molecule has 680 valence electrons. The maximum Gasteiger partial charge on any atom is 0.410 e. The fourth-order valence-corrected chi connectivity index (χ4v) is 16.2. The zero-order chi connectivity index (χ0) is 88.3. The number of hydrogen-bond donors (Lipinski definition) is 4. The summed E-state index contributed by atoms with van der Waals surface area (Å²) < 4.78 is 98.5. The molecular weight excluding hydrogens is 1670 g/mol. The maximum atomic E-state index is 13.1. The highest BCUT2D eigenvalue weighted by molar-refractivity contribution is 6.08. The van der Waals surface area contributed by atoms with Crippen molar-refractivity contribution in [1.29, 1.82) is 0 Å². The van der Waals surface area contributed by atoms with Crippen molar-refractivity contribution in [2.45, 2.75) is 214 Å². The van der Waals surface area contributed by atoms with Crippen molar-refractivity contribution in [3.8, 4) is 17.6 Å². The Bertz CT molecular complexity index is 5170. The lowest BCUT2D eigenvalue weighted by atomic mass is 9.78. The van der Waals surface area contributed by atoms with Crippen LogP contribution < -0.4 is 36.0 Å². The van der Waals surface area contributed by atoms with Crippen LogP contribution in [0.3, 0.4) is 0 Å². The van der Waals surface area contributed by atoms with Gasteiger partial charge in [0.1, 0.15) is 17.5 Å². The van der Waals surface area contributed by atoms with E-state index in [1.165, 1.54) is 30.0 Å². The molecule has 0 unspecified atom stereocenters. The highest BCUT2D eigenvalue weighted by Gasteiger charge is 2.31. The van der Waals surface area contributed by atoms with E-state index in [4.69, 9.17) is 23.7 Å². The Hall–Kier alpha value is -10.4. The minimum atomic E-state index is -2.55. The first-order valence-corrected chi connectivity index (χ1v) is 42.9. The number of halogens is 8. The predicted octanol–water partition coefficient (Wildman–Crippen LogP) is 17.2. The third-order valence-corrected chi connectivity index (χ3v) is 22.6. The second-order valence-electron chi connectivity index (χ2n) is 34.2. The van der Waals surface area contributed by atoms with Gasteiger partial charge in [0.05, 0.1) is 41.2 Å². The number of ether oxygens (including phenoxy) is 5. The average Bonchev–Trinajstić information content (AvgIpc) is 0.813. The lowest BCUT2D eigenvalue weighted by Gasteiger charge is -2.32. The monoisotopic (exact) mass is 1790 g/mol. The standard InChI is InChI=1S/C29H33F2N3O2.C19H21NO2.C15H20F2N2O3.C13H18N2O3.C10H12F2N2O.C8H10N2O.2ClH/c30-28(31)19-36-29-11-10-22-13-16-34(18-26(22)33-29)15-12-20-6-8-21(9-7-20)17-27(35)24-3-1-5-25-23(24)4-2-14-32-25;21-12-10-14-6-8-15(9-7-14)13-19(22)17-3-1-5-18-16(17)4-2-11-20-18;1-15(2,3)22-14(20)19-7-6-10-4-5-13(18-11(10)8-19)21-9-12(16)17;1-13(2,3)18-12(17)15-7-6-9-4-5-11(16)14-10(9)8-15;11-9(12)6-15-10-2-1-7-3-4-13-5-8(7)14-10;11-8-2-1-6-3-4-9-5-7(6)10-8;;/h1-5,10-11,14,20-21,28H,6-9,12-13,15-19H2;1-5,11-12,14-15H,6-10,13H2;4-5,12H,6-9H2,1-3H3;4-5H,6-8H2,1-3H3,(H,14,16);1-2,9,13H,3-6H2;1-2,9H,3-5H2,(H,10,11);2*1H. The molecule has 5 aliphatic heterocycles. The van der Waals surface area contributed by atoms with E-state index in [0.717, 1.165) is 189 Å². The van der Waals surface area contributed by atoms with Gasteiger partial charge < -0.3 is 58.9 Å². The second kappa shape index (κ2) is 48.5. The SMILES string of the molecule is CC(C)(C)OC(=O)N1CCc2ccc(=O)[nH]c2C1.CC(C)(C)OC(=O)N1CCc2ccc(OCC(F)F)nc2C1.Cl.Cl.FC(F)COc1ccc2c(n1)CNCC2.O=C(CC1CCC(CCN2CCc3ccc(OCC(F)F)nc3C2)CC1)c1cccc2ncccc12.O=CCC1CCC(CC(=O)c2cccc3ncccc23)CC1.O=c1ccc2c([nH]1)CNCC2. The number of aromatic nitrogens is 7. The third kappa shape index (κ3) is 31.3. The topological polar surface area (TPSA) is 295 Å². The van der Waals surface area contributed by atoms with Crippen LogP contribution in [0.2, 0.25) is 0 Å². The van der Waals surface area contributed by atoms with Crippen molar-refractivity contribution in [1.82, 2.24) is 60.2 Å². The molecule has 2 saturated carbocycles. The molecule has 2 fully saturated rings. The number of aromatic amines is 2. The molecule has 0 atom stereocenters. The zero-order valence-corrected chi connectivity index (χ0v) is 73.9. The van der Waals surface area contributed by atoms with Gasteiger partial charge in [-0.1, -0.05) is 79.6 Å². The lowest BCUT2D eigenvalue weighted by Crippen LogP contribution is -2.40. The number of alkyl halides is 6. The smallest absolute Gasteiger partial charge is 0.410 e. The molecule has 2 aliphatic carbocycles. The number of hydrogen-bond acceptors (Lipinski definition) is 20. The summed E-state index contributed by atoms with van der Waals surface area (Å²) in [6.07, 6.45) is 12.5. The highest BCUT2D eigenvalue weighted by atomic mass is 35.5. The Kier molecular flexibility index (Phi) is 38.3. The molecule has 12 heterocycles. The van der Waals surface area contributed by atoms with E-state index in [0.29, 0.717) is 81.2 Å². The van der Waals surface area contributed by atoms with Crippen LogP contribution in [0.25, 0.3) is 21.8 Å². The number of aldehydes is 1. The van der Waals surface area contributed by atoms with Gasteiger partial charge in [-0.25, -0.2) is 50.9 Å². The summed E-state index contributed by atoms with van der Waals surface area (Å²) in [4.78, 5) is 115. The Morgan fingerprint density at radius 3 is 1.37 bits per heavy atom. The Labute approximate surface area is 743 Å². The number of carbonyl (C=O) groups is 5. The Balaban J connectivity index is 0.000000177. The number of H-pyrrole nitrogens is 2. The summed E-state index contributed by atoms with van der Waals surface area (Å²) >= 11 is 0. The molecule has 7 aliphatic rings. The average molecular weight is 1790 g/mol. The molecule has 2 aromatic carbocycles. The molecule has 0 bridgehead atoms. The molecule has 16 rings (SSSR count). The molecule has 7 aromatic heterocycles. The fraction of sp³-hybridized carbons (Fsp3) is 0.489. The summed E-state index contributed by atoms with van der Waals surface area (Å²) in [5.74, 6) is 3.29. The first-order valence-electron chi connectivity index (χ1n) is 42.9. The van der Waals surface area contributed by atoms with Crippen molar-refractivity contribution in [3.05, 3.63) is 222 Å². The Morgan fingerprint density at radius 1 is 0.460 bits per heavy atom. The number of Topliss-reactive ketones (excluding diaryl/α,β-unsaturated/α-hetero) is 2. The van der Waals surface area contributed by atoms with Crippen LogP contribution in [0, 0.1) is 23.7 Å². The molecule has 2 amide bonds. The zero-order valence-electron chi connectivity index (χ0n) is 72.3. The van der Waals surface area contributed by atoms with Crippen molar-refractivity contribution in [2.75, 3.05) is 59.1 Å². The van der Waals surface area contributed by atoms with Crippen LogP contribution in [0.15, 0.2) is 143 Å². The summed E-state index contributed by atoms with van der Waals surface area (Å²) in [5, 5.41) is 8.26. The van der Waals surface area contributed by atoms with E-state index in [1.807, 2.05) is 106 Å². The van der Waals surface area contributed by atoms with Gasteiger partial charge in [0.25, 0.3) is 19.3 Å². The van der Waals surface area contributed by atoms with Gasteiger partial charge in [-0.15, -0.1) is 24.8 Å². The number of rotatable bonds is 20. The van der Waals surface area contributed by atoms with E-state index in [-0.39, 0.29) is 77.8 Å². The van der Waals surface area contributed by atoms with Crippen LogP contribution in [0.4, 0.5) is 35.9 Å². The molecule has 32 heteroatoms. The summed E-state index contributed by atoms with van der Waals surface area (Å²) in [6, 6.07) is 36.7. The number of carbonyl (C=O) groups excluding carboxylic acids is 5. The normalized spacial score (nSPS) is 17.5. The minimum absolute atomic E-state index is 0. The molecular formula is C94H116Cl2F6N12O12. The van der Waals surface area contributed by atoms with E-state index in [1.54, 1.807) is 73.3 Å². The van der Waals surface area contributed by atoms with Gasteiger partial charge >= 0.3 is 12.2 Å². The molecule has 24 nitrogen and oxygen atoms in total. The van der Waals surface area contributed by atoms with E-state index >= 15 is 0 Å². The van der Waals surface area contributed by atoms with E-state index in [2.05, 4.69) is 50.4 Å². The summed E-state index contributed by atoms with van der Waals surface area (Å²) in [6.45, 7) is 17.0. The van der Waals surface area contributed by atoms with Crippen LogP contribution in [0.5, 0.6) is 17.6 Å². The predicted molar refractivity (Wildman–Crippen MR) is 474 cm³/mol. The number of amides is 2. The number of benzene rings is 2.